The number of imidazole rings is 1. The molecule has 2 rings (SSSR count). The fourth-order valence-corrected chi connectivity index (χ4v) is 2.82. The molecule has 0 atom stereocenters. The molecule has 1 amide bonds. The van der Waals surface area contributed by atoms with Crippen LogP contribution >= 0.6 is 11.6 Å². The minimum absolute atomic E-state index is 0.254. The zero-order valence-electron chi connectivity index (χ0n) is 11.0. The molecule has 0 bridgehead atoms. The number of aromatic amines is 1. The molecule has 0 saturated carbocycles. The summed E-state index contributed by atoms with van der Waals surface area (Å²) in [6.45, 7) is 0. The van der Waals surface area contributed by atoms with Crippen LogP contribution in [-0.4, -0.2) is 37.2 Å². The number of amides is 1. The molecule has 0 unspecified atom stereocenters. The van der Waals surface area contributed by atoms with Gasteiger partial charge >= 0.3 is 0 Å². The number of ether oxygens (including phenoxy) is 1. The number of sulfone groups is 1. The maximum Gasteiger partial charge on any atom is 0.240 e. The molecule has 9 heteroatoms. The van der Waals surface area contributed by atoms with E-state index >= 15 is 0 Å². The van der Waals surface area contributed by atoms with Crippen LogP contribution in [0.25, 0.3) is 0 Å². The number of methoxy groups -OCH3 is 1. The van der Waals surface area contributed by atoms with Crippen molar-refractivity contribution in [3.05, 3.63) is 35.6 Å². The highest BCUT2D eigenvalue weighted by molar-refractivity contribution is 7.92. The van der Waals surface area contributed by atoms with E-state index in [0.717, 1.165) is 0 Å². The maximum absolute atomic E-state index is 11.9. The number of benzene rings is 1. The average molecular weight is 330 g/mol. The van der Waals surface area contributed by atoms with Crippen LogP contribution in [0.5, 0.6) is 5.75 Å². The van der Waals surface area contributed by atoms with Gasteiger partial charge in [-0.15, -0.1) is 0 Å². The van der Waals surface area contributed by atoms with Crippen molar-refractivity contribution in [3.8, 4) is 5.75 Å². The molecular formula is C12H12ClN3O4S. The van der Waals surface area contributed by atoms with Crippen molar-refractivity contribution in [1.82, 2.24) is 9.97 Å². The molecule has 1 aromatic heterocycles. The summed E-state index contributed by atoms with van der Waals surface area (Å²) in [4.78, 5) is 18.0. The molecule has 0 aliphatic heterocycles. The summed E-state index contributed by atoms with van der Waals surface area (Å²) in [7, 11) is -2.39. The second kappa shape index (κ2) is 6.15. The number of nitrogens with zero attached hydrogens (tertiary/aromatic N) is 1. The number of hydrogen-bond acceptors (Lipinski definition) is 5. The van der Waals surface area contributed by atoms with Gasteiger partial charge in [-0.3, -0.25) is 4.79 Å². The number of halogens is 1. The lowest BCUT2D eigenvalue weighted by molar-refractivity contribution is -0.113. The van der Waals surface area contributed by atoms with Crippen molar-refractivity contribution in [2.45, 2.75) is 5.16 Å². The lowest BCUT2D eigenvalue weighted by Gasteiger charge is -2.10. The van der Waals surface area contributed by atoms with Crippen LogP contribution in [-0.2, 0) is 14.6 Å². The zero-order valence-corrected chi connectivity index (χ0v) is 12.5. The van der Waals surface area contributed by atoms with Gasteiger partial charge < -0.3 is 15.0 Å². The first-order valence-electron chi connectivity index (χ1n) is 5.78. The van der Waals surface area contributed by atoms with Gasteiger partial charge in [-0.25, -0.2) is 13.4 Å². The van der Waals surface area contributed by atoms with Gasteiger partial charge in [0.25, 0.3) is 0 Å². The van der Waals surface area contributed by atoms with E-state index in [0.29, 0.717) is 16.5 Å². The molecule has 2 aromatic rings. The Morgan fingerprint density at radius 1 is 1.48 bits per heavy atom. The molecule has 0 aliphatic rings. The van der Waals surface area contributed by atoms with Crippen molar-refractivity contribution in [2.75, 3.05) is 18.2 Å². The number of rotatable bonds is 5. The van der Waals surface area contributed by atoms with Crippen LogP contribution in [0, 0.1) is 0 Å². The highest BCUT2D eigenvalue weighted by Crippen LogP contribution is 2.27. The predicted molar refractivity (Wildman–Crippen MR) is 77.3 cm³/mol. The number of H-pyrrole nitrogens is 1. The quantitative estimate of drug-likeness (QED) is 0.865. The van der Waals surface area contributed by atoms with E-state index in [4.69, 9.17) is 16.3 Å². The molecule has 21 heavy (non-hydrogen) atoms. The van der Waals surface area contributed by atoms with E-state index < -0.39 is 21.5 Å². The van der Waals surface area contributed by atoms with Gasteiger partial charge in [0.15, 0.2) is 0 Å². The molecule has 7 nitrogen and oxygen atoms in total. The summed E-state index contributed by atoms with van der Waals surface area (Å²) in [5.74, 6) is -1.08. The summed E-state index contributed by atoms with van der Waals surface area (Å²) >= 11 is 5.83. The fourth-order valence-electron chi connectivity index (χ4n) is 1.63. The third-order valence-corrected chi connectivity index (χ3v) is 4.21. The number of carbonyl (C=O) groups is 1. The minimum atomic E-state index is -3.82. The molecule has 0 radical (unpaired) electrons. The van der Waals surface area contributed by atoms with Crippen LogP contribution in [0.1, 0.15) is 0 Å². The number of hydrogen-bond donors (Lipinski definition) is 2. The van der Waals surface area contributed by atoms with Gasteiger partial charge in [-0.1, -0.05) is 11.6 Å². The van der Waals surface area contributed by atoms with Crippen LogP contribution in [0.15, 0.2) is 35.7 Å². The van der Waals surface area contributed by atoms with Crippen molar-refractivity contribution >= 4 is 33.0 Å². The zero-order chi connectivity index (χ0) is 15.5. The number of carbonyl (C=O) groups excluding carboxylic acids is 1. The van der Waals surface area contributed by atoms with Gasteiger partial charge in [0.05, 0.1) is 12.8 Å². The Labute approximate surface area is 126 Å². The van der Waals surface area contributed by atoms with Crippen LogP contribution in [0.4, 0.5) is 5.69 Å². The summed E-state index contributed by atoms with van der Waals surface area (Å²) in [6.07, 6.45) is 2.66. The summed E-state index contributed by atoms with van der Waals surface area (Å²) < 4.78 is 28.9. The second-order valence-corrected chi connectivity index (χ2v) is 6.39. The van der Waals surface area contributed by atoms with Gasteiger partial charge in [0.2, 0.25) is 20.9 Å². The highest BCUT2D eigenvalue weighted by atomic mass is 35.5. The molecule has 0 aliphatic carbocycles. The Balaban J connectivity index is 2.14. The number of aromatic nitrogens is 2. The molecule has 2 N–H and O–H groups in total. The van der Waals surface area contributed by atoms with E-state index in [1.807, 2.05) is 0 Å². The van der Waals surface area contributed by atoms with Gasteiger partial charge in [0, 0.05) is 17.4 Å². The standard InChI is InChI=1S/C12H12ClN3O4S/c1-20-10-3-2-8(13)6-9(10)16-11(17)7-21(18,19)12-14-4-5-15-12/h2-6H,7H2,1H3,(H,14,15)(H,16,17). The van der Waals surface area contributed by atoms with Crippen LogP contribution < -0.4 is 10.1 Å². The Morgan fingerprint density at radius 2 is 2.24 bits per heavy atom. The lowest BCUT2D eigenvalue weighted by atomic mass is 10.3. The molecular weight excluding hydrogens is 318 g/mol. The Kier molecular flexibility index (Phi) is 4.49. The summed E-state index contributed by atoms with van der Waals surface area (Å²) in [5, 5.41) is 2.59. The Hall–Kier alpha value is -2.06. The van der Waals surface area contributed by atoms with Gasteiger partial charge in [-0.05, 0) is 18.2 Å². The van der Waals surface area contributed by atoms with Crippen LogP contribution in [0.2, 0.25) is 5.02 Å². The number of anilines is 1. The van der Waals surface area contributed by atoms with Gasteiger partial charge in [-0.2, -0.15) is 0 Å². The average Bonchev–Trinajstić information content (AvgIpc) is 2.92. The van der Waals surface area contributed by atoms with Crippen molar-refractivity contribution < 1.29 is 17.9 Å². The van der Waals surface area contributed by atoms with Crippen molar-refractivity contribution in [3.63, 3.8) is 0 Å². The molecule has 0 fully saturated rings. The van der Waals surface area contributed by atoms with Crippen molar-refractivity contribution in [2.24, 2.45) is 0 Å². The monoisotopic (exact) mass is 329 g/mol. The maximum atomic E-state index is 11.9. The Morgan fingerprint density at radius 3 is 2.86 bits per heavy atom. The first-order chi connectivity index (χ1) is 9.92. The minimum Gasteiger partial charge on any atom is -0.495 e. The topological polar surface area (TPSA) is 101 Å². The molecule has 1 heterocycles. The molecule has 0 spiro atoms. The number of nitrogens with one attached hydrogen (secondary N) is 2. The smallest absolute Gasteiger partial charge is 0.240 e. The van der Waals surface area contributed by atoms with Gasteiger partial charge in [0.1, 0.15) is 11.5 Å². The summed E-state index contributed by atoms with van der Waals surface area (Å²) in [6, 6.07) is 4.63. The largest absolute Gasteiger partial charge is 0.495 e. The SMILES string of the molecule is COc1ccc(Cl)cc1NC(=O)CS(=O)(=O)c1ncc[nH]1. The van der Waals surface area contributed by atoms with Crippen molar-refractivity contribution in [1.29, 1.82) is 0 Å². The Bertz CT molecular complexity index is 744. The predicted octanol–water partition coefficient (Wildman–Crippen LogP) is 1.48. The van der Waals surface area contributed by atoms with E-state index in [1.54, 1.807) is 12.1 Å². The lowest BCUT2D eigenvalue weighted by Crippen LogP contribution is -2.24. The van der Waals surface area contributed by atoms with E-state index in [9.17, 15) is 13.2 Å². The normalized spacial score (nSPS) is 11.1. The fraction of sp³-hybridized carbons (Fsp3) is 0.167. The van der Waals surface area contributed by atoms with E-state index in [1.165, 1.54) is 25.6 Å². The van der Waals surface area contributed by atoms with Crippen LogP contribution in [0.3, 0.4) is 0 Å². The highest BCUT2D eigenvalue weighted by Gasteiger charge is 2.22. The first kappa shape index (κ1) is 15.3. The molecule has 0 saturated heterocycles. The third-order valence-electron chi connectivity index (χ3n) is 2.52. The second-order valence-electron chi connectivity index (χ2n) is 4.05. The third kappa shape index (κ3) is 3.73. The first-order valence-corrected chi connectivity index (χ1v) is 7.81. The molecule has 1 aromatic carbocycles. The van der Waals surface area contributed by atoms with E-state index in [-0.39, 0.29) is 5.16 Å². The van der Waals surface area contributed by atoms with E-state index in [2.05, 4.69) is 15.3 Å². The summed E-state index contributed by atoms with van der Waals surface area (Å²) in [5.41, 5.74) is 0.296. The molecule has 112 valence electrons.